The van der Waals surface area contributed by atoms with Crippen molar-refractivity contribution in [1.82, 2.24) is 9.78 Å². The largest absolute Gasteiger partial charge is 0.409 e. The summed E-state index contributed by atoms with van der Waals surface area (Å²) in [5.41, 5.74) is 5.46. The molecule has 0 aliphatic rings. The van der Waals surface area contributed by atoms with Crippen molar-refractivity contribution >= 4 is 0 Å². The molecule has 2 N–H and O–H groups in total. The lowest BCUT2D eigenvalue weighted by Gasteiger charge is -2.12. The highest BCUT2D eigenvalue weighted by atomic mass is 19.4. The third-order valence-corrected chi connectivity index (χ3v) is 1.80. The van der Waals surface area contributed by atoms with Crippen molar-refractivity contribution < 1.29 is 13.2 Å². The Morgan fingerprint density at radius 2 is 2.08 bits per heavy atom. The Morgan fingerprint density at radius 1 is 1.54 bits per heavy atom. The van der Waals surface area contributed by atoms with Crippen molar-refractivity contribution in [2.75, 3.05) is 0 Å². The van der Waals surface area contributed by atoms with Crippen LogP contribution in [0.4, 0.5) is 13.2 Å². The monoisotopic (exact) mass is 193 g/mol. The van der Waals surface area contributed by atoms with E-state index in [1.54, 1.807) is 14.0 Å². The molecule has 13 heavy (non-hydrogen) atoms. The summed E-state index contributed by atoms with van der Waals surface area (Å²) in [7, 11) is 1.57. The van der Waals surface area contributed by atoms with Crippen LogP contribution in [0.25, 0.3) is 0 Å². The van der Waals surface area contributed by atoms with Crippen LogP contribution >= 0.6 is 0 Å². The summed E-state index contributed by atoms with van der Waals surface area (Å²) in [4.78, 5) is 0. The van der Waals surface area contributed by atoms with Crippen molar-refractivity contribution in [3.63, 3.8) is 0 Å². The van der Waals surface area contributed by atoms with Gasteiger partial charge in [0, 0.05) is 12.7 Å². The SMILES string of the molecule is Cc1cc(C(N)C(F)(F)F)nn1C. The Labute approximate surface area is 73.3 Å². The van der Waals surface area contributed by atoms with Gasteiger partial charge in [-0.1, -0.05) is 0 Å². The van der Waals surface area contributed by atoms with Gasteiger partial charge in [0.05, 0.1) is 5.69 Å². The molecule has 1 heterocycles. The molecular weight excluding hydrogens is 183 g/mol. The lowest BCUT2D eigenvalue weighted by molar-refractivity contribution is -0.150. The Bertz CT molecular complexity index is 283. The predicted octanol–water partition coefficient (Wildman–Crippen LogP) is 1.29. The Morgan fingerprint density at radius 3 is 2.38 bits per heavy atom. The van der Waals surface area contributed by atoms with Crippen LogP contribution < -0.4 is 5.73 Å². The maximum Gasteiger partial charge on any atom is 0.409 e. The molecule has 0 saturated heterocycles. The van der Waals surface area contributed by atoms with Gasteiger partial charge in [-0.2, -0.15) is 18.3 Å². The van der Waals surface area contributed by atoms with E-state index in [9.17, 15) is 13.2 Å². The second-order valence-corrected chi connectivity index (χ2v) is 2.85. The van der Waals surface area contributed by atoms with Crippen LogP contribution in [-0.4, -0.2) is 16.0 Å². The normalized spacial score (nSPS) is 14.6. The van der Waals surface area contributed by atoms with Gasteiger partial charge in [0.15, 0.2) is 0 Å². The topological polar surface area (TPSA) is 43.8 Å². The highest BCUT2D eigenvalue weighted by Gasteiger charge is 2.39. The van der Waals surface area contributed by atoms with Crippen LogP contribution in [0.5, 0.6) is 0 Å². The quantitative estimate of drug-likeness (QED) is 0.730. The van der Waals surface area contributed by atoms with Gasteiger partial charge in [0.1, 0.15) is 6.04 Å². The zero-order valence-corrected chi connectivity index (χ0v) is 7.26. The fourth-order valence-electron chi connectivity index (χ4n) is 0.908. The number of nitrogens with zero attached hydrogens (tertiary/aromatic N) is 2. The maximum absolute atomic E-state index is 12.1. The van der Waals surface area contributed by atoms with Crippen molar-refractivity contribution in [3.8, 4) is 0 Å². The first-order valence-electron chi connectivity index (χ1n) is 3.65. The molecule has 1 aromatic rings. The first-order valence-corrected chi connectivity index (χ1v) is 3.65. The maximum atomic E-state index is 12.1. The predicted molar refractivity (Wildman–Crippen MR) is 40.9 cm³/mol. The third-order valence-electron chi connectivity index (χ3n) is 1.80. The van der Waals surface area contributed by atoms with Gasteiger partial charge >= 0.3 is 6.18 Å². The number of hydrogen-bond acceptors (Lipinski definition) is 2. The van der Waals surface area contributed by atoms with Crippen molar-refractivity contribution in [2.24, 2.45) is 12.8 Å². The molecule has 0 aliphatic carbocycles. The first kappa shape index (κ1) is 10.0. The van der Waals surface area contributed by atoms with Gasteiger partial charge in [0.25, 0.3) is 0 Å². The molecule has 74 valence electrons. The van der Waals surface area contributed by atoms with E-state index in [0.717, 1.165) is 0 Å². The smallest absolute Gasteiger partial charge is 0.315 e. The zero-order valence-electron chi connectivity index (χ0n) is 7.26. The minimum Gasteiger partial charge on any atom is -0.315 e. The van der Waals surface area contributed by atoms with Gasteiger partial charge in [-0.3, -0.25) is 4.68 Å². The van der Waals surface area contributed by atoms with Gasteiger partial charge in [-0.05, 0) is 13.0 Å². The molecule has 1 aromatic heterocycles. The number of halogens is 3. The molecule has 3 nitrogen and oxygen atoms in total. The number of alkyl halides is 3. The summed E-state index contributed by atoms with van der Waals surface area (Å²) in [6, 6.07) is -0.662. The molecule has 0 saturated carbocycles. The van der Waals surface area contributed by atoms with Gasteiger partial charge in [-0.25, -0.2) is 0 Å². The molecule has 0 amide bonds. The highest BCUT2D eigenvalue weighted by molar-refractivity contribution is 5.13. The third kappa shape index (κ3) is 2.00. The number of aryl methyl sites for hydroxylation is 2. The molecule has 0 bridgehead atoms. The lowest BCUT2D eigenvalue weighted by Crippen LogP contribution is -2.28. The van der Waals surface area contributed by atoms with Crippen LogP contribution in [0.2, 0.25) is 0 Å². The summed E-state index contributed by atoms with van der Waals surface area (Å²) >= 11 is 0. The first-order chi connectivity index (χ1) is 5.82. The molecule has 1 atom stereocenters. The minimum absolute atomic E-state index is 0.146. The van der Waals surface area contributed by atoms with Gasteiger partial charge < -0.3 is 5.73 Å². The van der Waals surface area contributed by atoms with E-state index in [1.165, 1.54) is 10.7 Å². The number of nitrogens with two attached hydrogens (primary N) is 1. The molecule has 0 radical (unpaired) electrons. The zero-order chi connectivity index (χ0) is 10.2. The highest BCUT2D eigenvalue weighted by Crippen LogP contribution is 2.29. The summed E-state index contributed by atoms with van der Waals surface area (Å²) in [6.45, 7) is 1.67. The van der Waals surface area contributed by atoms with E-state index < -0.39 is 12.2 Å². The van der Waals surface area contributed by atoms with Crippen LogP contribution in [0.3, 0.4) is 0 Å². The summed E-state index contributed by atoms with van der Waals surface area (Å²) in [5, 5.41) is 3.65. The molecular formula is C7H10F3N3. The van der Waals surface area contributed by atoms with Crippen LogP contribution in [0, 0.1) is 6.92 Å². The molecule has 6 heteroatoms. The van der Waals surface area contributed by atoms with E-state index in [0.29, 0.717) is 5.69 Å². The standard InChI is InChI=1S/C7H10F3N3/c1-4-3-5(12-13(4)2)6(11)7(8,9)10/h3,6H,11H2,1-2H3. The van der Waals surface area contributed by atoms with E-state index in [4.69, 9.17) is 5.73 Å². The molecule has 0 aliphatic heterocycles. The van der Waals surface area contributed by atoms with Crippen molar-refractivity contribution in [3.05, 3.63) is 17.5 Å². The molecule has 1 unspecified atom stereocenters. The van der Waals surface area contributed by atoms with Crippen LogP contribution in [-0.2, 0) is 7.05 Å². The van der Waals surface area contributed by atoms with Crippen molar-refractivity contribution in [1.29, 1.82) is 0 Å². The van der Waals surface area contributed by atoms with E-state index >= 15 is 0 Å². The van der Waals surface area contributed by atoms with Gasteiger partial charge in [0.2, 0.25) is 0 Å². The summed E-state index contributed by atoms with van der Waals surface area (Å²) in [6.07, 6.45) is -4.43. The molecule has 1 rings (SSSR count). The molecule has 0 fully saturated rings. The van der Waals surface area contributed by atoms with Crippen LogP contribution in [0.15, 0.2) is 6.07 Å². The van der Waals surface area contributed by atoms with Gasteiger partial charge in [-0.15, -0.1) is 0 Å². The fourth-order valence-corrected chi connectivity index (χ4v) is 0.908. The average Bonchev–Trinajstić information content (AvgIpc) is 2.29. The molecule has 0 spiro atoms. The van der Waals surface area contributed by atoms with Crippen molar-refractivity contribution in [2.45, 2.75) is 19.1 Å². The Kier molecular flexibility index (Phi) is 2.34. The number of hydrogen-bond donors (Lipinski definition) is 1. The second kappa shape index (κ2) is 3.02. The Balaban J connectivity index is 2.96. The lowest BCUT2D eigenvalue weighted by atomic mass is 10.2. The van der Waals surface area contributed by atoms with E-state index in [2.05, 4.69) is 5.10 Å². The number of rotatable bonds is 1. The Hall–Kier alpha value is -1.04. The van der Waals surface area contributed by atoms with E-state index in [1.807, 2.05) is 0 Å². The van der Waals surface area contributed by atoms with E-state index in [-0.39, 0.29) is 5.69 Å². The average molecular weight is 193 g/mol. The summed E-state index contributed by atoms with van der Waals surface area (Å²) in [5.74, 6) is 0. The fraction of sp³-hybridized carbons (Fsp3) is 0.571. The molecule has 0 aromatic carbocycles. The number of aromatic nitrogens is 2. The minimum atomic E-state index is -4.43. The summed E-state index contributed by atoms with van der Waals surface area (Å²) < 4.78 is 37.7. The second-order valence-electron chi connectivity index (χ2n) is 2.85. The van der Waals surface area contributed by atoms with Crippen LogP contribution in [0.1, 0.15) is 17.4 Å².